The van der Waals surface area contributed by atoms with Gasteiger partial charge in [0, 0.05) is 4.47 Å². The summed E-state index contributed by atoms with van der Waals surface area (Å²) in [6.07, 6.45) is 72.8. The summed E-state index contributed by atoms with van der Waals surface area (Å²) in [5.41, 5.74) is 7.79. The van der Waals surface area contributed by atoms with Gasteiger partial charge >= 0.3 is 16.5 Å². The standard InChI is InChI=1S/C65H110N2.C11H15BrO2.Ni/c1-5-9-12-14-16-18-20-22-24-26-28-30-32-34-36-38-40-42-44-47-49-60-52-56-62(57-53-60)66-64(8-4)65(51-46-11-7-3)67-63-58-54-61(55-59-63)50-48-45-43-41-39-37-35-33-31-29-27-25-23-21-19-17-15-13-10-6-2;1-2-3-4-5-8-6-7-9(13)11(14)10(8)12;/h47-50,52-59H,5-46,51H2,1-4H3;6-7,13-14H,2-5H2,1H3;/q;;+2/p-2. The van der Waals surface area contributed by atoms with Crippen LogP contribution < -0.4 is 10.2 Å². The van der Waals surface area contributed by atoms with Crippen LogP contribution in [0.5, 0.6) is 11.5 Å². The van der Waals surface area contributed by atoms with Gasteiger partial charge in [-0.05, 0) is 98.7 Å². The van der Waals surface area contributed by atoms with Crippen LogP contribution in [-0.2, 0) is 22.9 Å². The first kappa shape index (κ1) is 77.1. The minimum absolute atomic E-state index is 0. The number of aryl methyl sites for hydroxylation is 1. The van der Waals surface area contributed by atoms with Crippen molar-refractivity contribution in [1.29, 1.82) is 0 Å². The number of hydrogen-bond acceptors (Lipinski definition) is 4. The predicted octanol–water partition coefficient (Wildman–Crippen LogP) is 25.7. The molecule has 0 unspecified atom stereocenters. The monoisotopic (exact) mass is 1230 g/mol. The van der Waals surface area contributed by atoms with Crippen molar-refractivity contribution < 1.29 is 26.7 Å². The number of benzene rings is 3. The molecule has 0 saturated heterocycles. The van der Waals surface area contributed by atoms with Crippen LogP contribution in [0.4, 0.5) is 11.4 Å². The second-order valence-electron chi connectivity index (χ2n) is 23.8. The molecule has 6 heteroatoms. The molecule has 0 aromatic heterocycles. The van der Waals surface area contributed by atoms with E-state index in [1.54, 1.807) is 6.07 Å². The predicted molar refractivity (Wildman–Crippen MR) is 363 cm³/mol. The van der Waals surface area contributed by atoms with Crippen molar-refractivity contribution in [3.05, 3.63) is 94.0 Å². The molecule has 0 radical (unpaired) electrons. The molecule has 0 heterocycles. The summed E-state index contributed by atoms with van der Waals surface area (Å²) in [4.78, 5) is 10.4. The molecule has 0 N–H and O–H groups in total. The van der Waals surface area contributed by atoms with Crippen molar-refractivity contribution in [3.63, 3.8) is 0 Å². The number of allylic oxidation sites excluding steroid dienone is 2. The van der Waals surface area contributed by atoms with Gasteiger partial charge in [-0.3, -0.25) is 9.98 Å². The smallest absolute Gasteiger partial charge is 0.873 e. The first-order valence-electron chi connectivity index (χ1n) is 34.7. The van der Waals surface area contributed by atoms with Crippen molar-refractivity contribution in [3.8, 4) is 11.5 Å². The molecule has 0 saturated carbocycles. The normalized spacial score (nSPS) is 11.9. The van der Waals surface area contributed by atoms with E-state index in [9.17, 15) is 10.2 Å². The summed E-state index contributed by atoms with van der Waals surface area (Å²) in [7, 11) is 0. The van der Waals surface area contributed by atoms with Crippen LogP contribution in [0.15, 0.2) is 87.3 Å². The van der Waals surface area contributed by atoms with E-state index in [2.05, 4.69) is 123 Å². The van der Waals surface area contributed by atoms with E-state index in [1.165, 1.54) is 274 Å². The maximum Gasteiger partial charge on any atom is 2.00 e. The van der Waals surface area contributed by atoms with Gasteiger partial charge in [0.05, 0.1) is 22.8 Å². The third kappa shape index (κ3) is 42.8. The van der Waals surface area contributed by atoms with Crippen LogP contribution in [0.2, 0.25) is 0 Å². The third-order valence-corrected chi connectivity index (χ3v) is 17.1. The van der Waals surface area contributed by atoms with Crippen LogP contribution in [0.25, 0.3) is 12.2 Å². The quantitative estimate of drug-likeness (QED) is 0.0321. The second-order valence-corrected chi connectivity index (χ2v) is 24.6. The van der Waals surface area contributed by atoms with E-state index in [-0.39, 0.29) is 16.5 Å². The van der Waals surface area contributed by atoms with Gasteiger partial charge in [-0.1, -0.05) is 355 Å². The molecule has 3 aromatic carbocycles. The van der Waals surface area contributed by atoms with E-state index < -0.39 is 11.5 Å². The summed E-state index contributed by atoms with van der Waals surface area (Å²) >= 11 is 3.17. The van der Waals surface area contributed by atoms with Crippen molar-refractivity contribution in [2.24, 2.45) is 9.98 Å². The van der Waals surface area contributed by atoms with Crippen molar-refractivity contribution >= 4 is 50.9 Å². The van der Waals surface area contributed by atoms with Gasteiger partial charge in [0.2, 0.25) is 0 Å². The molecule has 0 aliphatic carbocycles. The van der Waals surface area contributed by atoms with Crippen LogP contribution in [0.3, 0.4) is 0 Å². The summed E-state index contributed by atoms with van der Waals surface area (Å²) < 4.78 is 0.445. The molecular formula is C76H123BrN2NiO2. The van der Waals surface area contributed by atoms with Crippen LogP contribution >= 0.6 is 15.9 Å². The van der Waals surface area contributed by atoms with Gasteiger partial charge in [0.1, 0.15) is 0 Å². The van der Waals surface area contributed by atoms with Crippen LogP contribution in [0, 0.1) is 0 Å². The van der Waals surface area contributed by atoms with Gasteiger partial charge in [0.25, 0.3) is 0 Å². The average Bonchev–Trinajstić information content (AvgIpc) is 3.49. The van der Waals surface area contributed by atoms with Crippen molar-refractivity contribution in [2.75, 3.05) is 0 Å². The molecule has 0 bridgehead atoms. The summed E-state index contributed by atoms with van der Waals surface area (Å²) in [5.74, 6) is -0.852. The molecule has 0 atom stereocenters. The van der Waals surface area contributed by atoms with E-state index in [0.717, 1.165) is 73.3 Å². The van der Waals surface area contributed by atoms with E-state index in [1.807, 2.05) is 0 Å². The Labute approximate surface area is 526 Å². The van der Waals surface area contributed by atoms with Gasteiger partial charge in [0.15, 0.2) is 0 Å². The molecule has 0 aliphatic rings. The average molecular weight is 1240 g/mol. The van der Waals surface area contributed by atoms with Crippen LogP contribution in [-0.4, -0.2) is 11.4 Å². The zero-order chi connectivity index (χ0) is 58.3. The molecule has 82 heavy (non-hydrogen) atoms. The molecule has 4 nitrogen and oxygen atoms in total. The Bertz CT molecular complexity index is 2010. The Kier molecular flexibility index (Phi) is 53.7. The molecule has 0 fully saturated rings. The Morgan fingerprint density at radius 3 is 1.01 bits per heavy atom. The Hall–Kier alpha value is -2.95. The second kappa shape index (κ2) is 57.1. The summed E-state index contributed by atoms with van der Waals surface area (Å²) in [5, 5.41) is 22.2. The summed E-state index contributed by atoms with van der Waals surface area (Å²) in [6, 6.07) is 20.7. The minimum Gasteiger partial charge on any atom is -0.873 e. The molecule has 3 rings (SSSR count). The first-order valence-corrected chi connectivity index (χ1v) is 35.5. The molecule has 0 amide bonds. The molecule has 0 aliphatic heterocycles. The van der Waals surface area contributed by atoms with E-state index >= 15 is 0 Å². The Morgan fingerprint density at radius 2 is 0.671 bits per heavy atom. The number of hydrogen-bond donors (Lipinski definition) is 0. The SMILES string of the molecule is CCCCCCCCCCCCCCCCCCCCC=Cc1ccc(N=C(CC)C(CCCCC)=Nc2ccc(C=CCCCCCCCCCCCCCCCCCCCC)cc2)cc1.CCCCCc1ccc([O-])c([O-])c1Br.[Ni+2]. The zero-order valence-electron chi connectivity index (χ0n) is 53.7. The fourth-order valence-electron chi connectivity index (χ4n) is 10.9. The Balaban J connectivity index is 0.00000194. The number of nitrogens with zero attached hydrogens (tertiary/aromatic N) is 2. The molecular weight excluding hydrogens is 1110 g/mol. The van der Waals surface area contributed by atoms with Gasteiger partial charge in [-0.2, -0.15) is 0 Å². The molecule has 466 valence electrons. The minimum atomic E-state index is -0.434. The number of rotatable bonds is 52. The number of aliphatic imine (C=N–C) groups is 2. The first-order chi connectivity index (χ1) is 39.9. The van der Waals surface area contributed by atoms with Crippen molar-refractivity contribution in [1.82, 2.24) is 0 Å². The third-order valence-electron chi connectivity index (χ3n) is 16.3. The fourth-order valence-corrected chi connectivity index (χ4v) is 11.4. The van der Waals surface area contributed by atoms with Crippen LogP contribution in [0.1, 0.15) is 347 Å². The van der Waals surface area contributed by atoms with E-state index in [4.69, 9.17) is 9.98 Å². The fraction of sp³-hybridized carbons (Fsp3) is 0.684. The maximum atomic E-state index is 11.3. The van der Waals surface area contributed by atoms with Crippen molar-refractivity contribution in [2.45, 2.75) is 336 Å². The van der Waals surface area contributed by atoms with Gasteiger partial charge in [-0.25, -0.2) is 0 Å². The van der Waals surface area contributed by atoms with E-state index in [0.29, 0.717) is 4.47 Å². The Morgan fingerprint density at radius 1 is 0.366 bits per heavy atom. The number of halogens is 1. The molecule has 0 spiro atoms. The zero-order valence-corrected chi connectivity index (χ0v) is 56.3. The largest absolute Gasteiger partial charge is 2.00 e. The summed E-state index contributed by atoms with van der Waals surface area (Å²) in [6.45, 7) is 11.2. The molecule has 3 aromatic rings. The van der Waals surface area contributed by atoms with Gasteiger partial charge in [-0.15, -0.1) is 11.5 Å². The number of unbranched alkanes of at least 4 members (excludes halogenated alkanes) is 40. The topological polar surface area (TPSA) is 70.8 Å². The van der Waals surface area contributed by atoms with Gasteiger partial charge < -0.3 is 10.2 Å². The maximum absolute atomic E-state index is 11.3.